The van der Waals surface area contributed by atoms with E-state index in [4.69, 9.17) is 14.6 Å². The van der Waals surface area contributed by atoms with E-state index in [0.717, 1.165) is 22.3 Å². The molecular weight excluding hydrogens is 464 g/mol. The second-order valence-corrected chi connectivity index (χ2v) is 8.58. The van der Waals surface area contributed by atoms with Crippen molar-refractivity contribution in [3.8, 4) is 11.1 Å². The van der Waals surface area contributed by atoms with Crippen LogP contribution in [0, 0.1) is 0 Å². The Morgan fingerprint density at radius 1 is 1.06 bits per heavy atom. The van der Waals surface area contributed by atoms with Crippen LogP contribution in [0.15, 0.2) is 54.7 Å². The molecule has 188 valence electrons. The Labute approximate surface area is 208 Å². The van der Waals surface area contributed by atoms with Crippen LogP contribution >= 0.6 is 0 Å². The summed E-state index contributed by atoms with van der Waals surface area (Å²) < 4.78 is 11.8. The summed E-state index contributed by atoms with van der Waals surface area (Å²) in [6.07, 6.45) is 2.79. The molecule has 1 atom stereocenters. The van der Waals surface area contributed by atoms with Crippen molar-refractivity contribution >= 4 is 18.0 Å². The maximum absolute atomic E-state index is 12.6. The first-order valence-corrected chi connectivity index (χ1v) is 11.8. The van der Waals surface area contributed by atoms with Gasteiger partial charge in [0.1, 0.15) is 12.6 Å². The van der Waals surface area contributed by atoms with E-state index in [1.807, 2.05) is 36.4 Å². The van der Waals surface area contributed by atoms with Crippen LogP contribution in [0.3, 0.4) is 0 Å². The standard InChI is InChI=1S/C26H28N4O6/c1-35-25(33)23(15-30-14-17(28-29-30)8-2-7-13-24(31)32)27-26(34)36-16-22-20-11-5-3-9-18(20)19-10-4-6-12-21(19)22/h3-6,9-12,14,22-23H,2,7-8,13,15-16H2,1H3,(H,27,34)(H,31,32)/t23-/m0/s1. The molecule has 4 rings (SSSR count). The van der Waals surface area contributed by atoms with Gasteiger partial charge in [0.25, 0.3) is 0 Å². The average Bonchev–Trinajstić information content (AvgIpc) is 3.46. The highest BCUT2D eigenvalue weighted by atomic mass is 16.6. The largest absolute Gasteiger partial charge is 0.481 e. The summed E-state index contributed by atoms with van der Waals surface area (Å²) in [6.45, 7) is 0.135. The molecule has 0 aliphatic heterocycles. The van der Waals surface area contributed by atoms with E-state index in [0.29, 0.717) is 25.0 Å². The zero-order valence-electron chi connectivity index (χ0n) is 19.9. The molecule has 2 N–H and O–H groups in total. The number of hydrogen-bond acceptors (Lipinski definition) is 7. The van der Waals surface area contributed by atoms with E-state index in [1.165, 1.54) is 11.8 Å². The van der Waals surface area contributed by atoms with E-state index >= 15 is 0 Å². The van der Waals surface area contributed by atoms with Gasteiger partial charge in [-0.15, -0.1) is 5.10 Å². The maximum Gasteiger partial charge on any atom is 0.407 e. The van der Waals surface area contributed by atoms with Crippen molar-refractivity contribution in [2.24, 2.45) is 0 Å². The van der Waals surface area contributed by atoms with Crippen molar-refractivity contribution in [1.82, 2.24) is 20.3 Å². The van der Waals surface area contributed by atoms with Crippen molar-refractivity contribution in [1.29, 1.82) is 0 Å². The Balaban J connectivity index is 1.35. The van der Waals surface area contributed by atoms with Gasteiger partial charge in [-0.2, -0.15) is 0 Å². The number of ether oxygens (including phenoxy) is 2. The monoisotopic (exact) mass is 492 g/mol. The molecule has 3 aromatic rings. The van der Waals surface area contributed by atoms with Crippen molar-refractivity contribution in [2.45, 2.75) is 44.2 Å². The van der Waals surface area contributed by atoms with E-state index in [1.54, 1.807) is 6.20 Å². The van der Waals surface area contributed by atoms with Crippen LogP contribution in [0.2, 0.25) is 0 Å². The Kier molecular flexibility index (Phi) is 7.94. The molecule has 1 aromatic heterocycles. The van der Waals surface area contributed by atoms with Crippen molar-refractivity contribution in [3.63, 3.8) is 0 Å². The SMILES string of the molecule is COC(=O)[C@H](Cn1cc(CCCCC(=O)O)nn1)NC(=O)OCC1c2ccccc2-c2ccccc21. The van der Waals surface area contributed by atoms with Crippen molar-refractivity contribution in [3.05, 3.63) is 71.5 Å². The number of rotatable bonds is 11. The number of amides is 1. The zero-order chi connectivity index (χ0) is 25.5. The number of benzene rings is 2. The fourth-order valence-corrected chi connectivity index (χ4v) is 4.42. The Hall–Kier alpha value is -4.21. The number of unbranched alkanes of at least 4 members (excludes halogenated alkanes) is 1. The predicted octanol–water partition coefficient (Wildman–Crippen LogP) is 3.16. The molecule has 1 amide bonds. The molecule has 2 aromatic carbocycles. The number of aryl methyl sites for hydroxylation is 1. The van der Waals surface area contributed by atoms with Crippen LogP contribution in [0.25, 0.3) is 11.1 Å². The minimum absolute atomic E-state index is 0.0129. The van der Waals surface area contributed by atoms with Gasteiger partial charge in [-0.3, -0.25) is 4.79 Å². The highest BCUT2D eigenvalue weighted by Gasteiger charge is 2.30. The van der Waals surface area contributed by atoms with Crippen LogP contribution in [0.5, 0.6) is 0 Å². The van der Waals surface area contributed by atoms with Crippen molar-refractivity contribution < 1.29 is 29.0 Å². The molecule has 10 nitrogen and oxygen atoms in total. The molecule has 0 saturated heterocycles. The topological polar surface area (TPSA) is 133 Å². The van der Waals surface area contributed by atoms with Crippen LogP contribution in [-0.2, 0) is 32.0 Å². The number of carboxylic acids is 1. The van der Waals surface area contributed by atoms with Gasteiger partial charge in [0.15, 0.2) is 0 Å². The van der Waals surface area contributed by atoms with Crippen molar-refractivity contribution in [2.75, 3.05) is 13.7 Å². The number of carbonyl (C=O) groups excluding carboxylic acids is 2. The number of carboxylic acid groups (broad SMARTS) is 1. The lowest BCUT2D eigenvalue weighted by Gasteiger charge is -2.18. The summed E-state index contributed by atoms with van der Waals surface area (Å²) in [5, 5.41) is 19.4. The van der Waals surface area contributed by atoms with Crippen LogP contribution in [0.4, 0.5) is 4.79 Å². The summed E-state index contributed by atoms with van der Waals surface area (Å²) in [4.78, 5) is 35.6. The first-order chi connectivity index (χ1) is 17.5. The third-order valence-electron chi connectivity index (χ3n) is 6.15. The molecule has 0 unspecified atom stereocenters. The fourth-order valence-electron chi connectivity index (χ4n) is 4.42. The molecule has 1 heterocycles. The number of aromatic nitrogens is 3. The molecule has 0 bridgehead atoms. The number of alkyl carbamates (subject to hydrolysis) is 1. The smallest absolute Gasteiger partial charge is 0.407 e. The lowest BCUT2D eigenvalue weighted by molar-refractivity contribution is -0.143. The molecule has 1 aliphatic rings. The first-order valence-electron chi connectivity index (χ1n) is 11.8. The molecule has 0 spiro atoms. The van der Waals surface area contributed by atoms with Gasteiger partial charge in [0.2, 0.25) is 0 Å². The summed E-state index contributed by atoms with van der Waals surface area (Å²) in [7, 11) is 1.24. The van der Waals surface area contributed by atoms with Gasteiger partial charge in [-0.25, -0.2) is 14.3 Å². The maximum atomic E-state index is 12.6. The molecular formula is C26H28N4O6. The minimum Gasteiger partial charge on any atom is -0.481 e. The van der Waals surface area contributed by atoms with Crippen LogP contribution < -0.4 is 5.32 Å². The molecule has 0 saturated carbocycles. The number of esters is 1. The number of aliphatic carboxylic acids is 1. The highest BCUT2D eigenvalue weighted by molar-refractivity contribution is 5.82. The third-order valence-corrected chi connectivity index (χ3v) is 6.15. The quantitative estimate of drug-likeness (QED) is 0.308. The average molecular weight is 493 g/mol. The Morgan fingerprint density at radius 3 is 2.36 bits per heavy atom. The van der Waals surface area contributed by atoms with E-state index < -0.39 is 24.1 Å². The second-order valence-electron chi connectivity index (χ2n) is 8.58. The number of carbonyl (C=O) groups is 3. The number of methoxy groups -OCH3 is 1. The summed E-state index contributed by atoms with van der Waals surface area (Å²) >= 11 is 0. The van der Waals surface area contributed by atoms with Gasteiger partial charge >= 0.3 is 18.0 Å². The fraction of sp³-hybridized carbons (Fsp3) is 0.346. The van der Waals surface area contributed by atoms with Crippen LogP contribution in [-0.4, -0.2) is 57.9 Å². The second kappa shape index (κ2) is 11.5. The summed E-state index contributed by atoms with van der Waals surface area (Å²) in [5.41, 5.74) is 5.10. The predicted molar refractivity (Wildman–Crippen MR) is 129 cm³/mol. The first kappa shape index (κ1) is 24.9. The Bertz CT molecular complexity index is 1190. The molecule has 1 aliphatic carbocycles. The highest BCUT2D eigenvalue weighted by Crippen LogP contribution is 2.44. The van der Waals surface area contributed by atoms with E-state index in [-0.39, 0.29) is 25.5 Å². The molecule has 10 heteroatoms. The number of nitrogens with one attached hydrogen (secondary N) is 1. The number of hydrogen-bond donors (Lipinski definition) is 2. The van der Waals surface area contributed by atoms with Gasteiger partial charge in [0.05, 0.1) is 19.3 Å². The van der Waals surface area contributed by atoms with Gasteiger partial charge in [0, 0.05) is 18.5 Å². The van der Waals surface area contributed by atoms with E-state index in [2.05, 4.69) is 27.8 Å². The van der Waals surface area contributed by atoms with Gasteiger partial charge < -0.3 is 19.9 Å². The van der Waals surface area contributed by atoms with E-state index in [9.17, 15) is 14.4 Å². The third kappa shape index (κ3) is 5.88. The molecule has 0 radical (unpaired) electrons. The van der Waals surface area contributed by atoms with Gasteiger partial charge in [-0.1, -0.05) is 53.7 Å². The number of nitrogens with zero attached hydrogens (tertiary/aromatic N) is 3. The van der Waals surface area contributed by atoms with Gasteiger partial charge in [-0.05, 0) is 41.5 Å². The lowest BCUT2D eigenvalue weighted by Crippen LogP contribution is -2.45. The lowest BCUT2D eigenvalue weighted by atomic mass is 9.98. The number of fused-ring (bicyclic) bond motifs is 3. The summed E-state index contributed by atoms with van der Waals surface area (Å²) in [5.74, 6) is -1.57. The molecule has 36 heavy (non-hydrogen) atoms. The minimum atomic E-state index is -1.02. The Morgan fingerprint density at radius 2 is 1.72 bits per heavy atom. The zero-order valence-corrected chi connectivity index (χ0v) is 19.9. The molecule has 0 fully saturated rings. The summed E-state index contributed by atoms with van der Waals surface area (Å²) in [6, 6.07) is 15.0. The normalized spacial score (nSPS) is 12.9. The van der Waals surface area contributed by atoms with Crippen LogP contribution in [0.1, 0.15) is 42.0 Å².